The molecule has 1 heteroatoms. The summed E-state index contributed by atoms with van der Waals surface area (Å²) in [7, 11) is 0. The van der Waals surface area contributed by atoms with Crippen molar-refractivity contribution in [3.05, 3.63) is 222 Å². The number of para-hydroxylation sites is 1. The molecule has 0 fully saturated rings. The van der Waals surface area contributed by atoms with Crippen LogP contribution in [0.15, 0.2) is 194 Å². The van der Waals surface area contributed by atoms with Gasteiger partial charge in [0, 0.05) is 27.8 Å². The van der Waals surface area contributed by atoms with Crippen molar-refractivity contribution in [2.24, 2.45) is 0 Å². The predicted octanol–water partition coefficient (Wildman–Crippen LogP) is 14.8. The Morgan fingerprint density at radius 3 is 1.73 bits per heavy atom. The molecule has 56 heavy (non-hydrogen) atoms. The van der Waals surface area contributed by atoms with Gasteiger partial charge in [0.25, 0.3) is 0 Å². The Morgan fingerprint density at radius 1 is 0.357 bits per heavy atom. The molecule has 0 N–H and O–H groups in total. The van der Waals surface area contributed by atoms with Gasteiger partial charge in [-0.2, -0.15) is 0 Å². The first-order valence-corrected chi connectivity index (χ1v) is 19.8. The van der Waals surface area contributed by atoms with Crippen LogP contribution < -0.4 is 4.90 Å². The summed E-state index contributed by atoms with van der Waals surface area (Å²) in [6.07, 6.45) is 0. The third-order valence-electron chi connectivity index (χ3n) is 12.9. The molecule has 2 aliphatic carbocycles. The van der Waals surface area contributed by atoms with Crippen LogP contribution >= 0.6 is 0 Å². The van der Waals surface area contributed by atoms with Gasteiger partial charge < -0.3 is 4.90 Å². The fraction of sp³-hybridized carbons (Fsp3) is 0.0909. The number of fused-ring (bicyclic) bond motifs is 9. The summed E-state index contributed by atoms with van der Waals surface area (Å²) in [6, 6.07) is 72.3. The summed E-state index contributed by atoms with van der Waals surface area (Å²) in [5.74, 6) is 0. The highest BCUT2D eigenvalue weighted by atomic mass is 15.1. The SMILES string of the molecule is CC1(C)c2ccccc2-c2cccc(-c3ccccc3N(c3ccc4c(c3)C(C)(c3ccccc3)c3ccccc3-4)c3ccc4c(ccc5ccccc54)c3)c21. The highest BCUT2D eigenvalue weighted by Crippen LogP contribution is 2.56. The van der Waals surface area contributed by atoms with Crippen molar-refractivity contribution in [3.63, 3.8) is 0 Å². The number of rotatable bonds is 5. The molecule has 0 saturated carbocycles. The van der Waals surface area contributed by atoms with E-state index >= 15 is 0 Å². The van der Waals surface area contributed by atoms with Gasteiger partial charge in [0.1, 0.15) is 0 Å². The molecular formula is C55H41N. The van der Waals surface area contributed by atoms with Crippen molar-refractivity contribution in [2.75, 3.05) is 4.90 Å². The van der Waals surface area contributed by atoms with Crippen LogP contribution in [0.1, 0.15) is 48.6 Å². The Morgan fingerprint density at radius 2 is 0.911 bits per heavy atom. The van der Waals surface area contributed by atoms with Crippen molar-refractivity contribution >= 4 is 38.6 Å². The largest absolute Gasteiger partial charge is 0.310 e. The monoisotopic (exact) mass is 715 g/mol. The smallest absolute Gasteiger partial charge is 0.0540 e. The van der Waals surface area contributed by atoms with Gasteiger partial charge in [-0.3, -0.25) is 0 Å². The van der Waals surface area contributed by atoms with Crippen molar-refractivity contribution in [1.29, 1.82) is 0 Å². The standard InChI is InChI=1S/C55H41N/c1-54(2)49-25-12-9-21-44(49)47-23-15-24-48(53(47)54)46-22-11-14-27-52(46)56(39-30-32-42-37(34-39)29-28-36-16-7-8-19-41(36)42)40-31-33-45-43-20-10-13-26-50(43)55(3,51(45)35-40)38-17-5-4-6-18-38/h4-35H,1-3H3. The maximum Gasteiger partial charge on any atom is 0.0540 e. The maximum absolute atomic E-state index is 2.51. The molecule has 0 aromatic heterocycles. The van der Waals surface area contributed by atoms with Crippen LogP contribution in [0.5, 0.6) is 0 Å². The van der Waals surface area contributed by atoms with E-state index in [2.05, 4.69) is 220 Å². The van der Waals surface area contributed by atoms with Gasteiger partial charge in [0.2, 0.25) is 0 Å². The Hall–Kier alpha value is -6.70. The Labute approximate surface area is 329 Å². The molecule has 1 atom stereocenters. The molecule has 0 heterocycles. The van der Waals surface area contributed by atoms with E-state index in [1.807, 2.05) is 0 Å². The van der Waals surface area contributed by atoms with Crippen molar-refractivity contribution in [3.8, 4) is 33.4 Å². The second-order valence-corrected chi connectivity index (χ2v) is 16.2. The summed E-state index contributed by atoms with van der Waals surface area (Å²) in [4.78, 5) is 2.51. The second-order valence-electron chi connectivity index (χ2n) is 16.2. The fourth-order valence-electron chi connectivity index (χ4n) is 10.2. The molecular weight excluding hydrogens is 675 g/mol. The van der Waals surface area contributed by atoms with Gasteiger partial charge in [0.15, 0.2) is 0 Å². The van der Waals surface area contributed by atoms with E-state index in [9.17, 15) is 0 Å². The van der Waals surface area contributed by atoms with Crippen molar-refractivity contribution < 1.29 is 0 Å². The first-order valence-electron chi connectivity index (χ1n) is 19.8. The third-order valence-corrected chi connectivity index (χ3v) is 12.9. The number of hydrogen-bond acceptors (Lipinski definition) is 1. The molecule has 1 nitrogen and oxygen atoms in total. The van der Waals surface area contributed by atoms with Gasteiger partial charge in [-0.15, -0.1) is 0 Å². The average Bonchev–Trinajstić information content (AvgIpc) is 3.65. The zero-order valence-electron chi connectivity index (χ0n) is 31.9. The van der Waals surface area contributed by atoms with Crippen molar-refractivity contribution in [2.45, 2.75) is 31.6 Å². The number of anilines is 3. The van der Waals surface area contributed by atoms with Crippen LogP contribution in [-0.2, 0) is 10.8 Å². The fourth-order valence-corrected chi connectivity index (χ4v) is 10.2. The number of nitrogens with zero attached hydrogens (tertiary/aromatic N) is 1. The second kappa shape index (κ2) is 12.2. The minimum absolute atomic E-state index is 0.151. The van der Waals surface area contributed by atoms with Crippen LogP contribution in [0.25, 0.3) is 54.9 Å². The normalized spacial score (nSPS) is 16.0. The Balaban J connectivity index is 1.17. The van der Waals surface area contributed by atoms with Crippen LogP contribution in [0.4, 0.5) is 17.1 Å². The lowest BCUT2D eigenvalue weighted by Crippen LogP contribution is -2.23. The van der Waals surface area contributed by atoms with Gasteiger partial charge in [-0.25, -0.2) is 0 Å². The summed E-state index contributed by atoms with van der Waals surface area (Å²) in [5.41, 5.74) is 17.5. The minimum atomic E-state index is -0.313. The predicted molar refractivity (Wildman–Crippen MR) is 237 cm³/mol. The van der Waals surface area contributed by atoms with Crippen molar-refractivity contribution in [1.82, 2.24) is 0 Å². The number of hydrogen-bond donors (Lipinski definition) is 0. The maximum atomic E-state index is 2.51. The zero-order valence-corrected chi connectivity index (χ0v) is 31.9. The number of benzene rings is 9. The minimum Gasteiger partial charge on any atom is -0.310 e. The molecule has 0 bridgehead atoms. The highest BCUT2D eigenvalue weighted by Gasteiger charge is 2.41. The third kappa shape index (κ3) is 4.61. The summed E-state index contributed by atoms with van der Waals surface area (Å²) in [6.45, 7) is 7.18. The molecule has 0 amide bonds. The molecule has 9 aromatic carbocycles. The highest BCUT2D eigenvalue weighted by molar-refractivity contribution is 6.09. The summed E-state index contributed by atoms with van der Waals surface area (Å²) >= 11 is 0. The van der Waals surface area contributed by atoms with Gasteiger partial charge >= 0.3 is 0 Å². The first-order chi connectivity index (χ1) is 27.4. The Kier molecular flexibility index (Phi) is 7.10. The summed E-state index contributed by atoms with van der Waals surface area (Å²) < 4.78 is 0. The van der Waals surface area contributed by atoms with Gasteiger partial charge in [0.05, 0.1) is 5.69 Å². The van der Waals surface area contributed by atoms with E-state index < -0.39 is 0 Å². The first kappa shape index (κ1) is 32.7. The van der Waals surface area contributed by atoms with Gasteiger partial charge in [-0.1, -0.05) is 178 Å². The molecule has 9 aromatic rings. The molecule has 0 aliphatic heterocycles. The molecule has 0 saturated heterocycles. The van der Waals surface area contributed by atoms with E-state index in [-0.39, 0.29) is 10.8 Å². The van der Waals surface area contributed by atoms with Gasteiger partial charge in [-0.05, 0) is 114 Å². The molecule has 1 unspecified atom stereocenters. The lowest BCUT2D eigenvalue weighted by molar-refractivity contribution is 0.662. The van der Waals surface area contributed by atoms with E-state index in [1.165, 1.54) is 82.7 Å². The zero-order chi connectivity index (χ0) is 37.6. The molecule has 2 aliphatic rings. The average molecular weight is 716 g/mol. The van der Waals surface area contributed by atoms with Crippen LogP contribution in [0, 0.1) is 0 Å². The molecule has 0 spiro atoms. The summed E-state index contributed by atoms with van der Waals surface area (Å²) in [5, 5.41) is 5.03. The Bertz CT molecular complexity index is 3020. The van der Waals surface area contributed by atoms with E-state index in [0.717, 1.165) is 17.1 Å². The topological polar surface area (TPSA) is 3.24 Å². The molecule has 0 radical (unpaired) electrons. The van der Waals surface area contributed by atoms with Crippen LogP contribution in [0.2, 0.25) is 0 Å². The van der Waals surface area contributed by atoms with E-state index in [1.54, 1.807) is 0 Å². The lowest BCUT2D eigenvalue weighted by Gasteiger charge is -2.32. The lowest BCUT2D eigenvalue weighted by atomic mass is 9.74. The van der Waals surface area contributed by atoms with E-state index in [0.29, 0.717) is 0 Å². The van der Waals surface area contributed by atoms with E-state index in [4.69, 9.17) is 0 Å². The quantitative estimate of drug-likeness (QED) is 0.160. The van der Waals surface area contributed by atoms with Crippen LogP contribution in [-0.4, -0.2) is 0 Å². The molecule has 266 valence electrons. The molecule has 11 rings (SSSR count). The van der Waals surface area contributed by atoms with Crippen LogP contribution in [0.3, 0.4) is 0 Å².